The van der Waals surface area contributed by atoms with Gasteiger partial charge in [-0.05, 0) is 29.8 Å². The van der Waals surface area contributed by atoms with Gasteiger partial charge in [0.2, 0.25) is 5.91 Å². The van der Waals surface area contributed by atoms with Crippen molar-refractivity contribution in [3.05, 3.63) is 57.3 Å². The van der Waals surface area contributed by atoms with Gasteiger partial charge in [-0.25, -0.2) is 13.2 Å². The highest BCUT2D eigenvalue weighted by molar-refractivity contribution is 6.53. The van der Waals surface area contributed by atoms with Crippen LogP contribution in [0, 0.1) is 11.7 Å². The first-order valence-corrected chi connectivity index (χ1v) is 11.6. The molecule has 2 aromatic carbocycles. The van der Waals surface area contributed by atoms with E-state index < -0.39 is 57.8 Å². The molecule has 5 nitrogen and oxygen atoms in total. The molecular weight excluding hydrogens is 577 g/mol. The molecule has 0 heterocycles. The van der Waals surface area contributed by atoms with Crippen molar-refractivity contribution in [1.29, 1.82) is 0 Å². The summed E-state index contributed by atoms with van der Waals surface area (Å²) in [7, 11) is 1.14. The van der Waals surface area contributed by atoms with E-state index in [-0.39, 0.29) is 28.4 Å². The summed E-state index contributed by atoms with van der Waals surface area (Å²) in [4.78, 5) is 25.4. The second-order valence-corrected chi connectivity index (χ2v) is 10.4. The number of rotatable bonds is 8. The van der Waals surface area contributed by atoms with Crippen LogP contribution in [0.5, 0.6) is 5.75 Å². The van der Waals surface area contributed by atoms with E-state index in [2.05, 4.69) is 5.32 Å². The van der Waals surface area contributed by atoms with Crippen molar-refractivity contribution in [3.8, 4) is 5.75 Å². The minimum absolute atomic E-state index is 0.0194. The molecule has 0 aromatic heterocycles. The lowest BCUT2D eigenvalue weighted by Crippen LogP contribution is -2.47. The van der Waals surface area contributed by atoms with E-state index in [4.69, 9.17) is 51.1 Å². The van der Waals surface area contributed by atoms with Crippen molar-refractivity contribution in [2.75, 3.05) is 19.0 Å². The van der Waals surface area contributed by atoms with Crippen LogP contribution in [0.3, 0.4) is 0 Å². The number of nitrogens with one attached hydrogen (secondary N) is 2. The molecule has 2 atom stereocenters. The van der Waals surface area contributed by atoms with Gasteiger partial charge in [-0.2, -0.15) is 8.78 Å². The number of carbonyl (C=O) groups excluding carboxylic acids is 2. The fourth-order valence-corrected chi connectivity index (χ4v) is 4.79. The first kappa shape index (κ1) is 28.6. The molecule has 36 heavy (non-hydrogen) atoms. The molecule has 196 valence electrons. The molecule has 14 heteroatoms. The van der Waals surface area contributed by atoms with E-state index in [1.807, 2.05) is 0 Å². The van der Waals surface area contributed by atoms with E-state index in [9.17, 15) is 31.5 Å². The smallest absolute Gasteiger partial charge is 0.326 e. The van der Waals surface area contributed by atoms with Gasteiger partial charge in [0, 0.05) is 18.5 Å². The summed E-state index contributed by atoms with van der Waals surface area (Å²) in [5.74, 6) is -13.5. The summed E-state index contributed by atoms with van der Waals surface area (Å²) in [6, 6.07) is 6.02. The van der Waals surface area contributed by atoms with Crippen LogP contribution >= 0.6 is 46.4 Å². The fourth-order valence-electron chi connectivity index (χ4n) is 3.48. The largest absolute Gasteiger partial charge is 0.494 e. The quantitative estimate of drug-likeness (QED) is 0.265. The van der Waals surface area contributed by atoms with Gasteiger partial charge in [0.05, 0.1) is 35.2 Å². The normalized spacial score (nSPS) is 19.0. The molecule has 2 N–H and O–H groups in total. The standard InChI is InChI=1S/C22H17Cl4F5N2O3/c1-20(28,29)21(30,31)8-32-18(34)11-6-10(7-13(24)17(11)36-2)33-19(35)16-15(22(16,25)26)9-3-4-14(27)12(23)5-9/h3-7,15-16H,8H2,1-2H3,(H,32,34)(H,33,35). The molecule has 0 aliphatic heterocycles. The number of benzene rings is 2. The third-order valence-electron chi connectivity index (χ3n) is 5.51. The molecular formula is C22H17Cl4F5N2O3. The molecule has 3 rings (SSSR count). The highest BCUT2D eigenvalue weighted by Crippen LogP contribution is 2.65. The van der Waals surface area contributed by atoms with E-state index in [0.29, 0.717) is 5.56 Å². The third-order valence-corrected chi connectivity index (χ3v) is 7.02. The maximum absolute atomic E-state index is 13.6. The van der Waals surface area contributed by atoms with Gasteiger partial charge in [-0.1, -0.05) is 29.3 Å². The average molecular weight is 594 g/mol. The number of ether oxygens (including phenoxy) is 1. The van der Waals surface area contributed by atoms with E-state index in [0.717, 1.165) is 19.2 Å². The van der Waals surface area contributed by atoms with Crippen LogP contribution in [-0.2, 0) is 4.79 Å². The zero-order chi connectivity index (χ0) is 27.2. The lowest BCUT2D eigenvalue weighted by Gasteiger charge is -2.23. The van der Waals surface area contributed by atoms with Crippen LogP contribution in [0.15, 0.2) is 30.3 Å². The molecule has 2 unspecified atom stereocenters. The molecule has 0 bridgehead atoms. The van der Waals surface area contributed by atoms with E-state index >= 15 is 0 Å². The lowest BCUT2D eigenvalue weighted by atomic mass is 10.1. The number of hydrogen-bond acceptors (Lipinski definition) is 3. The van der Waals surface area contributed by atoms with Gasteiger partial charge in [0.15, 0.2) is 0 Å². The second-order valence-electron chi connectivity index (χ2n) is 8.11. The van der Waals surface area contributed by atoms with E-state index in [1.54, 1.807) is 5.32 Å². The molecule has 2 amide bonds. The molecule has 0 saturated heterocycles. The Labute approximate surface area is 222 Å². The van der Waals surface area contributed by atoms with Gasteiger partial charge < -0.3 is 15.4 Å². The number of alkyl halides is 6. The monoisotopic (exact) mass is 592 g/mol. The first-order valence-electron chi connectivity index (χ1n) is 10.1. The molecule has 1 fully saturated rings. The van der Waals surface area contributed by atoms with Crippen LogP contribution in [0.1, 0.15) is 28.8 Å². The predicted octanol–water partition coefficient (Wildman–Crippen LogP) is 6.69. The minimum atomic E-state index is -4.53. The van der Waals surface area contributed by atoms with Crippen molar-refractivity contribution >= 4 is 63.9 Å². The van der Waals surface area contributed by atoms with Crippen molar-refractivity contribution in [2.45, 2.75) is 29.0 Å². The molecule has 1 aliphatic carbocycles. The van der Waals surface area contributed by atoms with Crippen LogP contribution in [0.4, 0.5) is 27.6 Å². The van der Waals surface area contributed by atoms with Crippen LogP contribution < -0.4 is 15.4 Å². The summed E-state index contributed by atoms with van der Waals surface area (Å²) in [6.07, 6.45) is 0. The molecule has 0 radical (unpaired) electrons. The summed E-state index contributed by atoms with van der Waals surface area (Å²) < 4.78 is 70.2. The maximum Gasteiger partial charge on any atom is 0.326 e. The van der Waals surface area contributed by atoms with Gasteiger partial charge in [0.25, 0.3) is 5.91 Å². The number of carbonyl (C=O) groups is 2. The van der Waals surface area contributed by atoms with Crippen molar-refractivity contribution in [3.63, 3.8) is 0 Å². The van der Waals surface area contributed by atoms with Gasteiger partial charge in [-0.3, -0.25) is 9.59 Å². The molecule has 1 aliphatic rings. The topological polar surface area (TPSA) is 67.4 Å². The Morgan fingerprint density at radius 3 is 2.28 bits per heavy atom. The minimum Gasteiger partial charge on any atom is -0.494 e. The first-order chi connectivity index (χ1) is 16.5. The van der Waals surface area contributed by atoms with Crippen molar-refractivity contribution in [1.82, 2.24) is 5.32 Å². The number of halogens is 9. The number of amides is 2. The zero-order valence-corrected chi connectivity index (χ0v) is 21.4. The van der Waals surface area contributed by atoms with Gasteiger partial charge in [0.1, 0.15) is 15.9 Å². The predicted molar refractivity (Wildman–Crippen MR) is 127 cm³/mol. The van der Waals surface area contributed by atoms with Crippen molar-refractivity contribution in [2.24, 2.45) is 5.92 Å². The van der Waals surface area contributed by atoms with Crippen LogP contribution in [0.2, 0.25) is 10.0 Å². The number of anilines is 1. The Kier molecular flexibility index (Phi) is 7.96. The Bertz CT molecular complexity index is 1210. The molecule has 1 saturated carbocycles. The average Bonchev–Trinajstić information content (AvgIpc) is 3.34. The summed E-state index contributed by atoms with van der Waals surface area (Å²) in [5.41, 5.74) is -0.0559. The van der Waals surface area contributed by atoms with Gasteiger partial charge in [-0.15, -0.1) is 23.2 Å². The fraction of sp³-hybridized carbons (Fsp3) is 0.364. The Balaban J connectivity index is 1.82. The second kappa shape index (κ2) is 10.0. The molecule has 0 spiro atoms. The highest BCUT2D eigenvalue weighted by Gasteiger charge is 2.67. The number of hydrogen-bond donors (Lipinski definition) is 2. The number of methoxy groups -OCH3 is 1. The van der Waals surface area contributed by atoms with Crippen molar-refractivity contribution < 1.29 is 36.3 Å². The summed E-state index contributed by atoms with van der Waals surface area (Å²) in [6.45, 7) is -1.65. The Morgan fingerprint density at radius 2 is 1.72 bits per heavy atom. The highest BCUT2D eigenvalue weighted by atomic mass is 35.5. The maximum atomic E-state index is 13.6. The van der Waals surface area contributed by atoms with E-state index in [1.165, 1.54) is 18.2 Å². The third kappa shape index (κ3) is 5.61. The van der Waals surface area contributed by atoms with Crippen LogP contribution in [-0.4, -0.2) is 41.6 Å². The lowest BCUT2D eigenvalue weighted by molar-refractivity contribution is -0.192. The summed E-state index contributed by atoms with van der Waals surface area (Å²) in [5, 5.41) is 3.80. The van der Waals surface area contributed by atoms with Crippen LogP contribution in [0.25, 0.3) is 0 Å². The van der Waals surface area contributed by atoms with Gasteiger partial charge >= 0.3 is 11.8 Å². The SMILES string of the molecule is COc1c(Cl)cc(NC(=O)C2C(c3ccc(F)c(Cl)c3)C2(Cl)Cl)cc1C(=O)NCC(F)(F)C(C)(F)F. The summed E-state index contributed by atoms with van der Waals surface area (Å²) >= 11 is 24.4. The molecule has 2 aromatic rings. The Hall–Kier alpha value is -2.01. The Morgan fingerprint density at radius 1 is 1.08 bits per heavy atom. The zero-order valence-electron chi connectivity index (χ0n) is 18.4.